The zero-order valence-corrected chi connectivity index (χ0v) is 10.9. The van der Waals surface area contributed by atoms with Crippen molar-refractivity contribution in [3.63, 3.8) is 0 Å². The van der Waals surface area contributed by atoms with Crippen molar-refractivity contribution in [2.75, 3.05) is 19.8 Å². The molecule has 0 aliphatic heterocycles. The van der Waals surface area contributed by atoms with Crippen molar-refractivity contribution in [1.82, 2.24) is 5.32 Å². The van der Waals surface area contributed by atoms with Crippen LogP contribution in [0.25, 0.3) is 0 Å². The molecule has 0 aliphatic rings. The van der Waals surface area contributed by atoms with Crippen LogP contribution in [0.5, 0.6) is 5.75 Å². The minimum absolute atomic E-state index is 0.178. The van der Waals surface area contributed by atoms with Gasteiger partial charge in [0.25, 0.3) is 0 Å². The topological polar surface area (TPSA) is 41.5 Å². The van der Waals surface area contributed by atoms with Gasteiger partial charge in [-0.3, -0.25) is 0 Å². The molecule has 0 heterocycles. The van der Waals surface area contributed by atoms with Crippen LogP contribution in [0.15, 0.2) is 18.2 Å². The lowest BCUT2D eigenvalue weighted by molar-refractivity contribution is 0.252. The van der Waals surface area contributed by atoms with Gasteiger partial charge in [0.15, 0.2) is 0 Å². The molecule has 1 aromatic rings. The van der Waals surface area contributed by atoms with Crippen LogP contribution in [0, 0.1) is 5.82 Å². The molecule has 0 atom stereocenters. The molecule has 0 saturated heterocycles. The Hall–Kier alpha value is -1.13. The van der Waals surface area contributed by atoms with Crippen molar-refractivity contribution >= 4 is 0 Å². The fourth-order valence-corrected chi connectivity index (χ4v) is 1.62. The fraction of sp³-hybridized carbons (Fsp3) is 0.571. The third-order valence-corrected chi connectivity index (χ3v) is 2.57. The molecule has 0 radical (unpaired) electrons. The zero-order valence-electron chi connectivity index (χ0n) is 10.9. The van der Waals surface area contributed by atoms with Crippen LogP contribution in [0.1, 0.15) is 31.7 Å². The number of aliphatic hydroxyl groups excluding tert-OH is 1. The van der Waals surface area contributed by atoms with Crippen molar-refractivity contribution in [3.05, 3.63) is 29.6 Å². The summed E-state index contributed by atoms with van der Waals surface area (Å²) in [5.41, 5.74) is 0.840. The van der Waals surface area contributed by atoms with Gasteiger partial charge in [-0.25, -0.2) is 4.39 Å². The number of hydrogen-bond donors (Lipinski definition) is 2. The fourth-order valence-electron chi connectivity index (χ4n) is 1.62. The SMILES string of the molecule is CCCNCc1cc(F)ccc1OCCCCO. The van der Waals surface area contributed by atoms with Gasteiger partial charge in [-0.15, -0.1) is 0 Å². The Bertz CT molecular complexity index is 345. The van der Waals surface area contributed by atoms with Gasteiger partial charge < -0.3 is 15.2 Å². The Balaban J connectivity index is 2.52. The average molecular weight is 255 g/mol. The van der Waals surface area contributed by atoms with Gasteiger partial charge in [-0.05, 0) is 44.0 Å². The van der Waals surface area contributed by atoms with Gasteiger partial charge in [-0.1, -0.05) is 6.92 Å². The lowest BCUT2D eigenvalue weighted by atomic mass is 10.2. The average Bonchev–Trinajstić information content (AvgIpc) is 2.37. The Morgan fingerprint density at radius 2 is 2.17 bits per heavy atom. The normalized spacial score (nSPS) is 10.6. The molecular formula is C14H22FNO2. The first-order valence-electron chi connectivity index (χ1n) is 6.50. The highest BCUT2D eigenvalue weighted by Crippen LogP contribution is 2.20. The molecular weight excluding hydrogens is 233 g/mol. The summed E-state index contributed by atoms with van der Waals surface area (Å²) in [4.78, 5) is 0. The first kappa shape index (κ1) is 14.9. The van der Waals surface area contributed by atoms with Gasteiger partial charge in [0.1, 0.15) is 11.6 Å². The van der Waals surface area contributed by atoms with E-state index in [9.17, 15) is 4.39 Å². The maximum atomic E-state index is 13.2. The molecule has 102 valence electrons. The number of hydrogen-bond acceptors (Lipinski definition) is 3. The largest absolute Gasteiger partial charge is 0.493 e. The van der Waals surface area contributed by atoms with Crippen molar-refractivity contribution in [3.8, 4) is 5.75 Å². The molecule has 0 saturated carbocycles. The molecule has 18 heavy (non-hydrogen) atoms. The maximum absolute atomic E-state index is 13.2. The van der Waals surface area contributed by atoms with E-state index in [4.69, 9.17) is 9.84 Å². The van der Waals surface area contributed by atoms with Crippen LogP contribution < -0.4 is 10.1 Å². The van der Waals surface area contributed by atoms with Gasteiger partial charge in [0, 0.05) is 18.7 Å². The molecule has 0 amide bonds. The lowest BCUT2D eigenvalue weighted by Crippen LogP contribution is -2.15. The minimum atomic E-state index is -0.244. The number of unbranched alkanes of at least 4 members (excludes halogenated alkanes) is 1. The van der Waals surface area contributed by atoms with Crippen molar-refractivity contribution in [2.45, 2.75) is 32.7 Å². The number of benzene rings is 1. The molecule has 0 fully saturated rings. The van der Waals surface area contributed by atoms with E-state index in [0.717, 1.165) is 37.1 Å². The van der Waals surface area contributed by atoms with E-state index in [2.05, 4.69) is 12.2 Å². The number of ether oxygens (including phenoxy) is 1. The number of halogens is 1. The van der Waals surface area contributed by atoms with Crippen LogP contribution in [0.4, 0.5) is 4.39 Å². The number of aliphatic hydroxyl groups is 1. The highest BCUT2D eigenvalue weighted by Gasteiger charge is 2.05. The summed E-state index contributed by atoms with van der Waals surface area (Å²) in [5, 5.41) is 11.9. The maximum Gasteiger partial charge on any atom is 0.123 e. The Morgan fingerprint density at radius 3 is 2.89 bits per heavy atom. The molecule has 0 spiro atoms. The molecule has 4 heteroatoms. The van der Waals surface area contributed by atoms with Gasteiger partial charge in [0.2, 0.25) is 0 Å². The van der Waals surface area contributed by atoms with Gasteiger partial charge in [0.05, 0.1) is 6.61 Å². The Labute approximate surface area is 108 Å². The lowest BCUT2D eigenvalue weighted by Gasteiger charge is -2.12. The molecule has 1 aromatic carbocycles. The predicted molar refractivity (Wildman–Crippen MR) is 70.2 cm³/mol. The van der Waals surface area contributed by atoms with E-state index >= 15 is 0 Å². The highest BCUT2D eigenvalue weighted by molar-refractivity contribution is 5.33. The van der Waals surface area contributed by atoms with Gasteiger partial charge >= 0.3 is 0 Å². The predicted octanol–water partition coefficient (Wildman–Crippen LogP) is 2.48. The number of nitrogens with one attached hydrogen (secondary N) is 1. The van der Waals surface area contributed by atoms with E-state index in [1.807, 2.05) is 0 Å². The third-order valence-electron chi connectivity index (χ3n) is 2.57. The van der Waals surface area contributed by atoms with Crippen LogP contribution in [0.2, 0.25) is 0 Å². The summed E-state index contributed by atoms with van der Waals surface area (Å²) in [6, 6.07) is 4.58. The molecule has 0 unspecified atom stereocenters. The first-order chi connectivity index (χ1) is 8.77. The van der Waals surface area contributed by atoms with Crippen molar-refractivity contribution in [1.29, 1.82) is 0 Å². The van der Waals surface area contributed by atoms with E-state index in [-0.39, 0.29) is 12.4 Å². The summed E-state index contributed by atoms with van der Waals surface area (Å²) in [6.07, 6.45) is 2.57. The molecule has 2 N–H and O–H groups in total. The second kappa shape index (κ2) is 8.89. The monoisotopic (exact) mass is 255 g/mol. The summed E-state index contributed by atoms with van der Waals surface area (Å²) < 4.78 is 18.8. The van der Waals surface area contributed by atoms with Crippen LogP contribution in [-0.4, -0.2) is 24.9 Å². The highest BCUT2D eigenvalue weighted by atomic mass is 19.1. The quantitative estimate of drug-likeness (QED) is 0.666. The molecule has 0 aromatic heterocycles. The standard InChI is InChI=1S/C14H22FNO2/c1-2-7-16-11-12-10-13(15)5-6-14(12)18-9-4-3-8-17/h5-6,10,16-17H,2-4,7-9,11H2,1H3. The van der Waals surface area contributed by atoms with Crippen molar-refractivity contribution in [2.24, 2.45) is 0 Å². The second-order valence-electron chi connectivity index (χ2n) is 4.21. The van der Waals surface area contributed by atoms with E-state index in [0.29, 0.717) is 13.2 Å². The van der Waals surface area contributed by atoms with E-state index in [1.54, 1.807) is 6.07 Å². The number of rotatable bonds is 9. The van der Waals surface area contributed by atoms with Crippen LogP contribution in [0.3, 0.4) is 0 Å². The summed E-state index contributed by atoms with van der Waals surface area (Å²) in [5.74, 6) is 0.476. The smallest absolute Gasteiger partial charge is 0.123 e. The molecule has 1 rings (SSSR count). The van der Waals surface area contributed by atoms with Gasteiger partial charge in [-0.2, -0.15) is 0 Å². The van der Waals surface area contributed by atoms with Crippen LogP contribution >= 0.6 is 0 Å². The first-order valence-corrected chi connectivity index (χ1v) is 6.50. The summed E-state index contributed by atoms with van der Waals surface area (Å²) in [7, 11) is 0. The molecule has 3 nitrogen and oxygen atoms in total. The Kier molecular flexibility index (Phi) is 7.37. The Morgan fingerprint density at radius 1 is 1.33 bits per heavy atom. The molecule has 0 aliphatic carbocycles. The summed E-state index contributed by atoms with van der Waals surface area (Å²) in [6.45, 7) is 4.33. The van der Waals surface area contributed by atoms with Crippen molar-refractivity contribution < 1.29 is 14.2 Å². The molecule has 0 bridgehead atoms. The van der Waals surface area contributed by atoms with E-state index < -0.39 is 0 Å². The second-order valence-corrected chi connectivity index (χ2v) is 4.21. The summed E-state index contributed by atoms with van der Waals surface area (Å²) >= 11 is 0. The third kappa shape index (κ3) is 5.47. The van der Waals surface area contributed by atoms with E-state index in [1.165, 1.54) is 12.1 Å². The minimum Gasteiger partial charge on any atom is -0.493 e. The zero-order chi connectivity index (χ0) is 13.2. The van der Waals surface area contributed by atoms with Crippen LogP contribution in [-0.2, 0) is 6.54 Å².